The number of piperidine rings is 1. The van der Waals surface area contributed by atoms with Crippen LogP contribution in [0.4, 0.5) is 0 Å². The molecule has 1 aromatic carbocycles. The number of rotatable bonds is 6. The fraction of sp³-hybridized carbons (Fsp3) is 0.550. The maximum Gasteiger partial charge on any atom is 0.253 e. The van der Waals surface area contributed by atoms with Crippen molar-refractivity contribution in [3.63, 3.8) is 0 Å². The van der Waals surface area contributed by atoms with E-state index in [1.165, 1.54) is 4.31 Å². The molecule has 1 amide bonds. The van der Waals surface area contributed by atoms with Gasteiger partial charge in [0.05, 0.1) is 11.5 Å². The molecule has 0 unspecified atom stereocenters. The minimum Gasteiger partial charge on any atom is -0.369 e. The first kappa shape index (κ1) is 19.9. The molecule has 6 nitrogen and oxygen atoms in total. The van der Waals surface area contributed by atoms with Gasteiger partial charge in [-0.3, -0.25) is 4.79 Å². The molecule has 2 fully saturated rings. The maximum atomic E-state index is 12.7. The van der Waals surface area contributed by atoms with Gasteiger partial charge in [0, 0.05) is 31.7 Å². The van der Waals surface area contributed by atoms with Crippen LogP contribution in [0.1, 0.15) is 36.0 Å². The lowest BCUT2D eigenvalue weighted by Gasteiger charge is -2.31. The molecular formula is C20H26N2O4S. The number of hydrogen-bond donors (Lipinski definition) is 0. The van der Waals surface area contributed by atoms with Crippen molar-refractivity contribution in [2.75, 3.05) is 39.4 Å². The van der Waals surface area contributed by atoms with Crippen LogP contribution in [0.5, 0.6) is 0 Å². The summed E-state index contributed by atoms with van der Waals surface area (Å²) in [5.74, 6) is 2.83. The minimum absolute atomic E-state index is 0.0527. The molecule has 2 heterocycles. The Morgan fingerprint density at radius 1 is 1.11 bits per heavy atom. The van der Waals surface area contributed by atoms with E-state index < -0.39 is 10.0 Å². The predicted octanol–water partition coefficient (Wildman–Crippen LogP) is 1.97. The van der Waals surface area contributed by atoms with Crippen molar-refractivity contribution < 1.29 is 17.9 Å². The lowest BCUT2D eigenvalue weighted by Crippen LogP contribution is -2.39. The maximum absolute atomic E-state index is 12.7. The van der Waals surface area contributed by atoms with Crippen molar-refractivity contribution in [3.05, 3.63) is 29.8 Å². The van der Waals surface area contributed by atoms with E-state index in [4.69, 9.17) is 11.2 Å². The molecule has 2 aliphatic heterocycles. The Morgan fingerprint density at radius 3 is 2.33 bits per heavy atom. The second kappa shape index (κ2) is 8.87. The number of hydrogen-bond acceptors (Lipinski definition) is 4. The molecular weight excluding hydrogens is 364 g/mol. The van der Waals surface area contributed by atoms with E-state index in [0.29, 0.717) is 50.9 Å². The van der Waals surface area contributed by atoms with Crippen LogP contribution in [0.3, 0.4) is 0 Å². The van der Waals surface area contributed by atoms with Gasteiger partial charge in [0.2, 0.25) is 10.0 Å². The summed E-state index contributed by atoms with van der Waals surface area (Å²) in [6.45, 7) is 3.46. The third-order valence-corrected chi connectivity index (χ3v) is 7.16. The van der Waals surface area contributed by atoms with Crippen molar-refractivity contribution in [1.82, 2.24) is 9.21 Å². The first-order valence-corrected chi connectivity index (χ1v) is 10.9. The first-order chi connectivity index (χ1) is 13.0. The van der Waals surface area contributed by atoms with E-state index in [2.05, 4.69) is 5.92 Å². The number of likely N-dealkylation sites (tertiary alicyclic amines) is 1. The van der Waals surface area contributed by atoms with Crippen molar-refractivity contribution in [3.8, 4) is 12.3 Å². The Balaban J connectivity index is 1.58. The second-order valence-corrected chi connectivity index (χ2v) is 9.03. The molecule has 0 aromatic heterocycles. The summed E-state index contributed by atoms with van der Waals surface area (Å²) in [6, 6.07) is 6.32. The number of carbonyl (C=O) groups is 1. The van der Waals surface area contributed by atoms with Gasteiger partial charge in [-0.15, -0.1) is 6.42 Å². The number of benzene rings is 1. The monoisotopic (exact) mass is 390 g/mol. The Kier molecular flexibility index (Phi) is 6.53. The van der Waals surface area contributed by atoms with Gasteiger partial charge in [0.1, 0.15) is 6.61 Å². The highest BCUT2D eigenvalue weighted by Gasteiger charge is 2.28. The van der Waals surface area contributed by atoms with Crippen LogP contribution in [0.2, 0.25) is 0 Å². The van der Waals surface area contributed by atoms with E-state index in [9.17, 15) is 13.2 Å². The third kappa shape index (κ3) is 4.70. The summed E-state index contributed by atoms with van der Waals surface area (Å²) in [6.07, 6.45) is 8.75. The van der Waals surface area contributed by atoms with E-state index in [1.807, 2.05) is 4.90 Å². The number of amides is 1. The van der Waals surface area contributed by atoms with Crippen LogP contribution in [-0.4, -0.2) is 62.9 Å². The highest BCUT2D eigenvalue weighted by molar-refractivity contribution is 7.89. The molecule has 146 valence electrons. The van der Waals surface area contributed by atoms with Crippen LogP contribution in [0.15, 0.2) is 29.2 Å². The third-order valence-electron chi connectivity index (χ3n) is 5.24. The van der Waals surface area contributed by atoms with E-state index in [1.54, 1.807) is 24.3 Å². The van der Waals surface area contributed by atoms with E-state index >= 15 is 0 Å². The van der Waals surface area contributed by atoms with Crippen LogP contribution in [0, 0.1) is 18.3 Å². The van der Waals surface area contributed by atoms with Crippen LogP contribution in [-0.2, 0) is 14.8 Å². The molecule has 0 aliphatic carbocycles. The molecule has 7 heteroatoms. The molecule has 0 bridgehead atoms. The van der Waals surface area contributed by atoms with Crippen molar-refractivity contribution in [2.24, 2.45) is 5.92 Å². The summed E-state index contributed by atoms with van der Waals surface area (Å²) >= 11 is 0. The normalized spacial score (nSPS) is 19.1. The van der Waals surface area contributed by atoms with Gasteiger partial charge in [0.25, 0.3) is 5.91 Å². The van der Waals surface area contributed by atoms with Gasteiger partial charge >= 0.3 is 0 Å². The predicted molar refractivity (Wildman–Crippen MR) is 103 cm³/mol. The number of carbonyl (C=O) groups excluding carboxylic acids is 1. The molecule has 0 atom stereocenters. The molecule has 1 aromatic rings. The van der Waals surface area contributed by atoms with Crippen LogP contribution in [0.25, 0.3) is 0 Å². The lowest BCUT2D eigenvalue weighted by molar-refractivity contribution is 0.0582. The topological polar surface area (TPSA) is 66.9 Å². The van der Waals surface area contributed by atoms with Crippen molar-refractivity contribution >= 4 is 15.9 Å². The molecule has 2 saturated heterocycles. The SMILES string of the molecule is C#CCOCC1CCN(C(=O)c2ccc(S(=O)(=O)N3CCCC3)cc2)CC1. The van der Waals surface area contributed by atoms with Gasteiger partial charge in [-0.1, -0.05) is 5.92 Å². The zero-order valence-corrected chi connectivity index (χ0v) is 16.3. The molecule has 0 saturated carbocycles. The summed E-state index contributed by atoms with van der Waals surface area (Å²) < 4.78 is 32.0. The molecule has 0 N–H and O–H groups in total. The Bertz CT molecular complexity index is 784. The van der Waals surface area contributed by atoms with Gasteiger partial charge < -0.3 is 9.64 Å². The lowest BCUT2D eigenvalue weighted by atomic mass is 9.97. The van der Waals surface area contributed by atoms with E-state index in [-0.39, 0.29) is 10.8 Å². The summed E-state index contributed by atoms with van der Waals surface area (Å²) in [5.41, 5.74) is 0.525. The fourth-order valence-electron chi connectivity index (χ4n) is 3.62. The Hall–Kier alpha value is -1.88. The average molecular weight is 391 g/mol. The Labute approximate surface area is 161 Å². The first-order valence-electron chi connectivity index (χ1n) is 9.43. The van der Waals surface area contributed by atoms with Gasteiger partial charge in [-0.25, -0.2) is 8.42 Å². The summed E-state index contributed by atoms with van der Waals surface area (Å²) in [4.78, 5) is 14.8. The highest BCUT2D eigenvalue weighted by atomic mass is 32.2. The number of terminal acetylenes is 1. The molecule has 2 aliphatic rings. The number of nitrogens with zero attached hydrogens (tertiary/aromatic N) is 2. The quantitative estimate of drug-likeness (QED) is 0.550. The smallest absolute Gasteiger partial charge is 0.253 e. The molecule has 0 radical (unpaired) electrons. The van der Waals surface area contributed by atoms with Gasteiger partial charge in [-0.05, 0) is 55.9 Å². The average Bonchev–Trinajstić information content (AvgIpc) is 3.24. The molecule has 27 heavy (non-hydrogen) atoms. The summed E-state index contributed by atoms with van der Waals surface area (Å²) in [7, 11) is -3.44. The fourth-order valence-corrected chi connectivity index (χ4v) is 5.13. The zero-order chi connectivity index (χ0) is 19.3. The van der Waals surface area contributed by atoms with Crippen LogP contribution >= 0.6 is 0 Å². The molecule has 0 spiro atoms. The standard InChI is InChI=1S/C20H26N2O4S/c1-2-15-26-16-17-9-13-21(14-10-17)20(23)18-5-7-19(8-6-18)27(24,25)22-11-3-4-12-22/h1,5-8,17H,3-4,9-16H2. The van der Waals surface area contributed by atoms with Crippen molar-refractivity contribution in [1.29, 1.82) is 0 Å². The minimum atomic E-state index is -3.44. The van der Waals surface area contributed by atoms with Crippen LogP contribution < -0.4 is 0 Å². The zero-order valence-electron chi connectivity index (χ0n) is 15.5. The largest absolute Gasteiger partial charge is 0.369 e. The Morgan fingerprint density at radius 2 is 1.74 bits per heavy atom. The summed E-state index contributed by atoms with van der Waals surface area (Å²) in [5, 5.41) is 0. The highest BCUT2D eigenvalue weighted by Crippen LogP contribution is 2.23. The van der Waals surface area contributed by atoms with E-state index in [0.717, 1.165) is 25.7 Å². The molecule has 3 rings (SSSR count). The van der Waals surface area contributed by atoms with Gasteiger partial charge in [0.15, 0.2) is 0 Å². The van der Waals surface area contributed by atoms with Gasteiger partial charge in [-0.2, -0.15) is 4.31 Å². The van der Waals surface area contributed by atoms with Crippen molar-refractivity contribution in [2.45, 2.75) is 30.6 Å². The number of sulfonamides is 1. The number of ether oxygens (including phenoxy) is 1. The second-order valence-electron chi connectivity index (χ2n) is 7.09.